The van der Waals surface area contributed by atoms with Crippen molar-refractivity contribution in [2.45, 2.75) is 75.7 Å². The van der Waals surface area contributed by atoms with Gasteiger partial charge in [-0.05, 0) is 115 Å². The third-order valence-corrected chi connectivity index (χ3v) is 10.1. The Hall–Kier alpha value is -1.98. The van der Waals surface area contributed by atoms with Gasteiger partial charge in [0.1, 0.15) is 11.4 Å². The topological polar surface area (TPSA) is 107 Å². The molecular weight excluding hydrogens is 607 g/mol. The monoisotopic (exact) mass is 638 g/mol. The van der Waals surface area contributed by atoms with E-state index in [1.165, 1.54) is 6.07 Å². The molecule has 2 aromatic carbocycles. The summed E-state index contributed by atoms with van der Waals surface area (Å²) in [5, 5.41) is 0. The van der Waals surface area contributed by atoms with Gasteiger partial charge in [-0.15, -0.1) is 0 Å². The minimum absolute atomic E-state index is 0.170. The first-order chi connectivity index (χ1) is 17.3. The second-order valence-corrected chi connectivity index (χ2v) is 14.0. The Morgan fingerprint density at radius 3 is 2.32 bits per heavy atom. The second-order valence-electron chi connectivity index (χ2n) is 11.5. The van der Waals surface area contributed by atoms with E-state index < -0.39 is 21.1 Å². The van der Waals surface area contributed by atoms with Crippen LogP contribution in [-0.4, -0.2) is 30.5 Å². The van der Waals surface area contributed by atoms with E-state index in [0.717, 1.165) is 22.8 Å². The molecule has 9 heteroatoms. The number of hydrogen-bond acceptors (Lipinski definition) is 6. The molecule has 0 amide bonds. The maximum absolute atomic E-state index is 13.8. The zero-order valence-electron chi connectivity index (χ0n) is 21.1. The van der Waals surface area contributed by atoms with Gasteiger partial charge in [-0.2, -0.15) is 8.42 Å². The number of benzene rings is 2. The van der Waals surface area contributed by atoms with E-state index >= 15 is 0 Å². The lowest BCUT2D eigenvalue weighted by atomic mass is 9.48. The minimum Gasteiger partial charge on any atom is -0.455 e. The first-order valence-corrected chi connectivity index (χ1v) is 15.1. The molecule has 4 bridgehead atoms. The highest BCUT2D eigenvalue weighted by molar-refractivity contribution is 14.1. The molecule has 6 rings (SSSR count). The van der Waals surface area contributed by atoms with E-state index in [1.807, 2.05) is 32.0 Å². The van der Waals surface area contributed by atoms with Gasteiger partial charge in [-0.1, -0.05) is 26.0 Å². The number of rotatable bonds is 6. The fourth-order valence-corrected chi connectivity index (χ4v) is 8.61. The molecule has 4 saturated carbocycles. The molecule has 198 valence electrons. The molecule has 0 saturated heterocycles. The molecule has 2 aromatic rings. The van der Waals surface area contributed by atoms with Crippen LogP contribution in [0.25, 0.3) is 0 Å². The lowest BCUT2D eigenvalue weighted by molar-refractivity contribution is -0.189. The molecule has 0 spiro atoms. The van der Waals surface area contributed by atoms with Crippen molar-refractivity contribution in [1.29, 1.82) is 0 Å². The number of aryl methyl sites for hydroxylation is 1. The number of carbonyl (C=O) groups excluding carboxylic acids is 2. The third-order valence-electron chi connectivity index (χ3n) is 8.25. The van der Waals surface area contributed by atoms with Gasteiger partial charge < -0.3 is 9.47 Å². The van der Waals surface area contributed by atoms with Gasteiger partial charge in [0, 0.05) is 9.99 Å². The fraction of sp³-hybridized carbons (Fsp3) is 0.500. The Kier molecular flexibility index (Phi) is 6.72. The Morgan fingerprint density at radius 2 is 1.73 bits per heavy atom. The van der Waals surface area contributed by atoms with E-state index in [9.17, 15) is 22.6 Å². The SMILES string of the molecule is Cc1cc(S(=O)(=O)O)c(C(C)C)cc1OC(=O)C12CC3CC(CC(OC(=O)c4ccccc4I)(C3)C1)C2. The summed E-state index contributed by atoms with van der Waals surface area (Å²) in [5.41, 5.74) is -0.0580. The van der Waals surface area contributed by atoms with Gasteiger partial charge in [0.05, 0.1) is 15.9 Å². The molecule has 4 fully saturated rings. The van der Waals surface area contributed by atoms with Crippen molar-refractivity contribution in [2.24, 2.45) is 17.3 Å². The number of carbonyl (C=O) groups is 2. The standard InChI is InChI=1S/C28H31IO7S/c1-16(2)21-10-23(17(3)8-24(21)37(32,33)34)35-26(31)27-11-18-9-19(12-27)14-28(13-18,15-27)36-25(30)20-6-4-5-7-22(20)29/h4-8,10,16,18-19H,9,11-15H2,1-3H3,(H,32,33,34). The average Bonchev–Trinajstić information content (AvgIpc) is 2.78. The van der Waals surface area contributed by atoms with Gasteiger partial charge in [0.25, 0.3) is 10.1 Å². The zero-order chi connectivity index (χ0) is 26.8. The van der Waals surface area contributed by atoms with E-state index in [0.29, 0.717) is 41.7 Å². The summed E-state index contributed by atoms with van der Waals surface area (Å²) in [5.74, 6) is -0.0570. The Balaban J connectivity index is 1.43. The molecular formula is C28H31IO7S. The van der Waals surface area contributed by atoms with E-state index in [-0.39, 0.29) is 34.6 Å². The van der Waals surface area contributed by atoms with Crippen LogP contribution in [0, 0.1) is 27.7 Å². The molecule has 4 aliphatic carbocycles. The lowest BCUT2D eigenvalue weighted by Crippen LogP contribution is -2.60. The van der Waals surface area contributed by atoms with Crippen molar-refractivity contribution >= 4 is 44.6 Å². The van der Waals surface area contributed by atoms with Crippen LogP contribution in [0.15, 0.2) is 41.3 Å². The largest absolute Gasteiger partial charge is 0.455 e. The highest BCUT2D eigenvalue weighted by atomic mass is 127. The highest BCUT2D eigenvalue weighted by Gasteiger charge is 2.63. The van der Waals surface area contributed by atoms with Gasteiger partial charge in [-0.3, -0.25) is 9.35 Å². The van der Waals surface area contributed by atoms with Gasteiger partial charge in [0.15, 0.2) is 0 Å². The summed E-state index contributed by atoms with van der Waals surface area (Å²) in [7, 11) is -4.42. The van der Waals surface area contributed by atoms with Crippen molar-refractivity contribution in [3.63, 3.8) is 0 Å². The van der Waals surface area contributed by atoms with E-state index in [4.69, 9.17) is 9.47 Å². The summed E-state index contributed by atoms with van der Waals surface area (Å²) >= 11 is 2.13. The van der Waals surface area contributed by atoms with E-state index in [2.05, 4.69) is 22.6 Å². The maximum atomic E-state index is 13.8. The van der Waals surface area contributed by atoms with Crippen molar-refractivity contribution in [2.75, 3.05) is 0 Å². The van der Waals surface area contributed by atoms with Crippen LogP contribution in [0.5, 0.6) is 5.75 Å². The summed E-state index contributed by atoms with van der Waals surface area (Å²) in [4.78, 5) is 26.8. The highest BCUT2D eigenvalue weighted by Crippen LogP contribution is 2.63. The fourth-order valence-electron chi connectivity index (χ4n) is 7.09. The minimum atomic E-state index is -4.42. The molecule has 4 aliphatic rings. The van der Waals surface area contributed by atoms with Gasteiger partial charge >= 0.3 is 11.9 Å². The Bertz CT molecular complexity index is 1370. The smallest absolute Gasteiger partial charge is 0.339 e. The van der Waals surface area contributed by atoms with Crippen LogP contribution in [0.1, 0.15) is 79.8 Å². The van der Waals surface area contributed by atoms with Crippen molar-refractivity contribution < 1.29 is 32.0 Å². The molecule has 0 aliphatic heterocycles. The lowest BCUT2D eigenvalue weighted by Gasteiger charge is -2.59. The number of hydrogen-bond donors (Lipinski definition) is 1. The third kappa shape index (κ3) is 4.94. The van der Waals surface area contributed by atoms with Crippen molar-refractivity contribution in [3.8, 4) is 5.75 Å². The molecule has 37 heavy (non-hydrogen) atoms. The van der Waals surface area contributed by atoms with Crippen LogP contribution in [-0.2, 0) is 19.6 Å². The number of esters is 2. The van der Waals surface area contributed by atoms with Gasteiger partial charge in [-0.25, -0.2) is 4.79 Å². The number of ether oxygens (including phenoxy) is 2. The molecule has 1 N–H and O–H groups in total. The van der Waals surface area contributed by atoms with Crippen LogP contribution in [0.2, 0.25) is 0 Å². The molecule has 7 nitrogen and oxygen atoms in total. The van der Waals surface area contributed by atoms with Crippen molar-refractivity contribution in [1.82, 2.24) is 0 Å². The maximum Gasteiger partial charge on any atom is 0.339 e. The zero-order valence-corrected chi connectivity index (χ0v) is 24.1. The first kappa shape index (κ1) is 26.6. The quantitative estimate of drug-likeness (QED) is 0.177. The molecule has 0 radical (unpaired) electrons. The predicted molar refractivity (Wildman–Crippen MR) is 145 cm³/mol. The Labute approximate surface area is 231 Å². The first-order valence-electron chi connectivity index (χ1n) is 12.6. The van der Waals surface area contributed by atoms with Crippen LogP contribution < -0.4 is 4.74 Å². The normalized spacial score (nSPS) is 28.4. The summed E-state index contributed by atoms with van der Waals surface area (Å²) in [6.45, 7) is 5.29. The number of halogens is 1. The summed E-state index contributed by atoms with van der Waals surface area (Å²) < 4.78 is 46.6. The molecule has 0 heterocycles. The molecule has 2 unspecified atom stereocenters. The molecule has 2 atom stereocenters. The predicted octanol–water partition coefficient (Wildman–Crippen LogP) is 6.07. The van der Waals surface area contributed by atoms with Crippen LogP contribution in [0.3, 0.4) is 0 Å². The summed E-state index contributed by atoms with van der Waals surface area (Å²) in [6, 6.07) is 10.2. The van der Waals surface area contributed by atoms with Crippen LogP contribution in [0.4, 0.5) is 0 Å². The summed E-state index contributed by atoms with van der Waals surface area (Å²) in [6.07, 6.45) is 4.37. The van der Waals surface area contributed by atoms with Crippen LogP contribution >= 0.6 is 22.6 Å². The second kappa shape index (κ2) is 9.34. The van der Waals surface area contributed by atoms with Crippen molar-refractivity contribution in [3.05, 3.63) is 56.7 Å². The molecule has 0 aromatic heterocycles. The Morgan fingerprint density at radius 1 is 1.08 bits per heavy atom. The average molecular weight is 639 g/mol. The van der Waals surface area contributed by atoms with Gasteiger partial charge in [0.2, 0.25) is 0 Å². The van der Waals surface area contributed by atoms with E-state index in [1.54, 1.807) is 19.1 Å².